The SMILES string of the molecule is COC(=O)Cc1cc(OC)c(OC)cc1[C@H]1CCCN1C(=O)OC(C)(C)C. The first-order valence-electron chi connectivity index (χ1n) is 9.01. The molecule has 1 fully saturated rings. The fraction of sp³-hybridized carbons (Fsp3) is 0.600. The van der Waals surface area contributed by atoms with Crippen LogP contribution in [0.1, 0.15) is 50.8 Å². The molecule has 0 aromatic heterocycles. The van der Waals surface area contributed by atoms with Gasteiger partial charge in [-0.2, -0.15) is 0 Å². The van der Waals surface area contributed by atoms with Crippen LogP contribution in [0, 0.1) is 0 Å². The van der Waals surface area contributed by atoms with Gasteiger partial charge in [-0.05, 0) is 56.9 Å². The van der Waals surface area contributed by atoms with Crippen LogP contribution in [0.15, 0.2) is 12.1 Å². The second-order valence-electron chi connectivity index (χ2n) is 7.49. The zero-order chi connectivity index (χ0) is 20.2. The molecular weight excluding hydrogens is 350 g/mol. The monoisotopic (exact) mass is 379 g/mol. The largest absolute Gasteiger partial charge is 0.493 e. The van der Waals surface area contributed by atoms with Crippen LogP contribution in [0.25, 0.3) is 0 Å². The Bertz CT molecular complexity index is 694. The molecule has 0 radical (unpaired) electrons. The van der Waals surface area contributed by atoms with Gasteiger partial charge in [-0.25, -0.2) is 4.79 Å². The third-order valence-electron chi connectivity index (χ3n) is 4.45. The number of hydrogen-bond donors (Lipinski definition) is 0. The van der Waals surface area contributed by atoms with Crippen molar-refractivity contribution in [3.05, 3.63) is 23.3 Å². The van der Waals surface area contributed by atoms with Crippen molar-refractivity contribution >= 4 is 12.1 Å². The molecular formula is C20H29NO6. The van der Waals surface area contributed by atoms with Crippen molar-refractivity contribution in [1.29, 1.82) is 0 Å². The first kappa shape index (κ1) is 20.9. The highest BCUT2D eigenvalue weighted by Gasteiger charge is 2.35. The lowest BCUT2D eigenvalue weighted by atomic mass is 9.95. The average molecular weight is 379 g/mol. The summed E-state index contributed by atoms with van der Waals surface area (Å²) < 4.78 is 21.2. The highest BCUT2D eigenvalue weighted by atomic mass is 16.6. The minimum Gasteiger partial charge on any atom is -0.493 e. The highest BCUT2D eigenvalue weighted by molar-refractivity contribution is 5.74. The molecule has 1 atom stereocenters. The second kappa shape index (κ2) is 8.50. The van der Waals surface area contributed by atoms with Crippen molar-refractivity contribution in [2.45, 2.75) is 51.7 Å². The molecule has 0 aliphatic carbocycles. The van der Waals surface area contributed by atoms with Crippen LogP contribution >= 0.6 is 0 Å². The number of nitrogens with zero attached hydrogens (tertiary/aromatic N) is 1. The molecule has 0 unspecified atom stereocenters. The lowest BCUT2D eigenvalue weighted by Crippen LogP contribution is -2.36. The van der Waals surface area contributed by atoms with Gasteiger partial charge in [0, 0.05) is 6.54 Å². The van der Waals surface area contributed by atoms with Gasteiger partial charge >= 0.3 is 12.1 Å². The van der Waals surface area contributed by atoms with Gasteiger partial charge in [-0.1, -0.05) is 0 Å². The Hall–Kier alpha value is -2.44. The maximum Gasteiger partial charge on any atom is 0.410 e. The van der Waals surface area contributed by atoms with E-state index in [9.17, 15) is 9.59 Å². The van der Waals surface area contributed by atoms with Crippen LogP contribution in [0.4, 0.5) is 4.79 Å². The van der Waals surface area contributed by atoms with Crippen molar-refractivity contribution in [3.8, 4) is 11.5 Å². The van der Waals surface area contributed by atoms with E-state index in [1.165, 1.54) is 7.11 Å². The molecule has 0 spiro atoms. The highest BCUT2D eigenvalue weighted by Crippen LogP contribution is 2.40. The number of amides is 1. The molecule has 0 bridgehead atoms. The van der Waals surface area contributed by atoms with E-state index in [1.807, 2.05) is 26.8 Å². The normalized spacial score (nSPS) is 16.8. The summed E-state index contributed by atoms with van der Waals surface area (Å²) in [5.41, 5.74) is 1.03. The maximum absolute atomic E-state index is 12.7. The summed E-state index contributed by atoms with van der Waals surface area (Å²) in [6, 6.07) is 3.42. The third kappa shape index (κ3) is 5.05. The maximum atomic E-state index is 12.7. The van der Waals surface area contributed by atoms with Crippen molar-refractivity contribution < 1.29 is 28.5 Å². The Morgan fingerprint density at radius 1 is 1.11 bits per heavy atom. The van der Waals surface area contributed by atoms with Crippen molar-refractivity contribution in [3.63, 3.8) is 0 Å². The van der Waals surface area contributed by atoms with Gasteiger partial charge in [0.05, 0.1) is 33.8 Å². The third-order valence-corrected chi connectivity index (χ3v) is 4.45. The summed E-state index contributed by atoms with van der Waals surface area (Å²) in [4.78, 5) is 26.3. The van der Waals surface area contributed by atoms with Crippen molar-refractivity contribution in [1.82, 2.24) is 4.90 Å². The van der Waals surface area contributed by atoms with E-state index in [-0.39, 0.29) is 24.5 Å². The molecule has 2 rings (SSSR count). The zero-order valence-electron chi connectivity index (χ0n) is 17.0. The lowest BCUT2D eigenvalue weighted by Gasteiger charge is -2.30. The van der Waals surface area contributed by atoms with Crippen molar-refractivity contribution in [2.75, 3.05) is 27.9 Å². The predicted octanol–water partition coefficient (Wildman–Crippen LogP) is 3.49. The lowest BCUT2D eigenvalue weighted by molar-refractivity contribution is -0.139. The molecule has 27 heavy (non-hydrogen) atoms. The molecule has 1 aliphatic rings. The zero-order valence-corrected chi connectivity index (χ0v) is 17.0. The van der Waals surface area contributed by atoms with Gasteiger partial charge in [0.15, 0.2) is 11.5 Å². The second-order valence-corrected chi connectivity index (χ2v) is 7.49. The van der Waals surface area contributed by atoms with Crippen molar-refractivity contribution in [2.24, 2.45) is 0 Å². The Balaban J connectivity index is 2.44. The number of carbonyl (C=O) groups is 2. The number of hydrogen-bond acceptors (Lipinski definition) is 6. The van der Waals surface area contributed by atoms with Gasteiger partial charge in [0.25, 0.3) is 0 Å². The number of rotatable bonds is 5. The van der Waals surface area contributed by atoms with Crippen LogP contribution in [-0.2, 0) is 20.7 Å². The summed E-state index contributed by atoms with van der Waals surface area (Å²) in [5.74, 6) is 0.726. The number of benzene rings is 1. The van der Waals surface area contributed by atoms with Crippen LogP contribution in [-0.4, -0.2) is 50.4 Å². The predicted molar refractivity (Wildman–Crippen MR) is 100 cm³/mol. The standard InChI is InChI=1S/C20H29NO6/c1-20(2,3)27-19(23)21-9-7-8-15(21)14-12-17(25-5)16(24-4)10-13(14)11-18(22)26-6/h10,12,15H,7-9,11H2,1-6H3/t15-/m1/s1. The van der Waals surface area contributed by atoms with Gasteiger partial charge in [-0.15, -0.1) is 0 Å². The average Bonchev–Trinajstić information content (AvgIpc) is 3.09. The fourth-order valence-electron chi connectivity index (χ4n) is 3.26. The van der Waals surface area contributed by atoms with Crippen LogP contribution in [0.5, 0.6) is 11.5 Å². The molecule has 1 heterocycles. The van der Waals surface area contributed by atoms with Crippen LogP contribution < -0.4 is 9.47 Å². The minimum absolute atomic E-state index is 0.0881. The van der Waals surface area contributed by atoms with E-state index in [4.69, 9.17) is 18.9 Å². The fourth-order valence-corrected chi connectivity index (χ4v) is 3.26. The van der Waals surface area contributed by atoms with E-state index >= 15 is 0 Å². The summed E-state index contributed by atoms with van der Waals surface area (Å²) in [7, 11) is 4.45. The smallest absolute Gasteiger partial charge is 0.410 e. The molecule has 1 aromatic rings. The first-order chi connectivity index (χ1) is 12.7. The summed E-state index contributed by atoms with van der Waals surface area (Å²) in [5, 5.41) is 0. The molecule has 0 N–H and O–H groups in total. The van der Waals surface area contributed by atoms with Gasteiger partial charge < -0.3 is 23.8 Å². The summed E-state index contributed by atoms with van der Waals surface area (Å²) in [6.07, 6.45) is 1.37. The van der Waals surface area contributed by atoms with E-state index in [0.717, 1.165) is 24.0 Å². The molecule has 1 aliphatic heterocycles. The number of carbonyl (C=O) groups excluding carboxylic acids is 2. The minimum atomic E-state index is -0.573. The molecule has 0 saturated carbocycles. The Labute approximate surface area is 160 Å². The number of esters is 1. The van der Waals surface area contributed by atoms with E-state index in [0.29, 0.717) is 18.0 Å². The van der Waals surface area contributed by atoms with Crippen LogP contribution in [0.3, 0.4) is 0 Å². The van der Waals surface area contributed by atoms with E-state index < -0.39 is 5.60 Å². The number of ether oxygens (including phenoxy) is 4. The molecule has 7 heteroatoms. The van der Waals surface area contributed by atoms with Crippen LogP contribution in [0.2, 0.25) is 0 Å². The molecule has 1 aromatic carbocycles. The first-order valence-corrected chi connectivity index (χ1v) is 9.01. The molecule has 150 valence electrons. The topological polar surface area (TPSA) is 74.3 Å². The molecule has 1 saturated heterocycles. The van der Waals surface area contributed by atoms with E-state index in [2.05, 4.69) is 0 Å². The molecule has 1 amide bonds. The van der Waals surface area contributed by atoms with E-state index in [1.54, 1.807) is 25.2 Å². The number of methoxy groups -OCH3 is 3. The Kier molecular flexibility index (Phi) is 6.57. The quantitative estimate of drug-likeness (QED) is 0.729. The summed E-state index contributed by atoms with van der Waals surface area (Å²) >= 11 is 0. The Morgan fingerprint density at radius 2 is 1.74 bits per heavy atom. The molecule has 7 nitrogen and oxygen atoms in total. The number of likely N-dealkylation sites (tertiary alicyclic amines) is 1. The summed E-state index contributed by atoms with van der Waals surface area (Å²) in [6.45, 7) is 6.13. The Morgan fingerprint density at radius 3 is 2.30 bits per heavy atom. The van der Waals surface area contributed by atoms with Gasteiger partial charge in [-0.3, -0.25) is 4.79 Å². The van der Waals surface area contributed by atoms with Gasteiger partial charge in [0.2, 0.25) is 0 Å². The van der Waals surface area contributed by atoms with Gasteiger partial charge in [0.1, 0.15) is 5.60 Å².